The van der Waals surface area contributed by atoms with E-state index in [0.717, 1.165) is 32.1 Å². The highest BCUT2D eigenvalue weighted by molar-refractivity contribution is 5.94. The van der Waals surface area contributed by atoms with Crippen molar-refractivity contribution in [3.63, 3.8) is 0 Å². The maximum atomic E-state index is 4.00. The van der Waals surface area contributed by atoms with E-state index in [1.165, 1.54) is 60.9 Å². The van der Waals surface area contributed by atoms with Crippen LogP contribution in [0, 0.1) is 12.3 Å². The Labute approximate surface area is 237 Å². The van der Waals surface area contributed by atoms with E-state index in [4.69, 9.17) is 0 Å². The molecule has 0 aliphatic heterocycles. The van der Waals surface area contributed by atoms with Crippen LogP contribution in [0.4, 0.5) is 0 Å². The molecule has 1 fully saturated rings. The minimum Gasteiger partial charge on any atom is -0.129 e. The zero-order valence-electron chi connectivity index (χ0n) is 25.3. The molecule has 0 spiro atoms. The highest BCUT2D eigenvalue weighted by Gasteiger charge is 2.47. The van der Waals surface area contributed by atoms with E-state index in [2.05, 4.69) is 126 Å². The van der Waals surface area contributed by atoms with Gasteiger partial charge in [0.25, 0.3) is 0 Å². The average molecular weight is 515 g/mol. The van der Waals surface area contributed by atoms with Crippen LogP contribution < -0.4 is 0 Å². The van der Waals surface area contributed by atoms with Gasteiger partial charge in [0.1, 0.15) is 0 Å². The second-order valence-corrected chi connectivity index (χ2v) is 10.5. The third-order valence-corrected chi connectivity index (χ3v) is 8.31. The average Bonchev–Trinajstić information content (AvgIpc) is 3.78. The van der Waals surface area contributed by atoms with Gasteiger partial charge in [0.05, 0.1) is 0 Å². The van der Waals surface area contributed by atoms with Gasteiger partial charge in [0, 0.05) is 11.8 Å². The largest absolute Gasteiger partial charge is 0.129 e. The Bertz CT molecular complexity index is 1470. The standard InChI is InChI=1S/C37H40.C2H6/c1-8-12-32-24-35-27(6)13-19-31(36(35)25-34(32)26(5)9-2)20-18-29-14-16-30(17-15-29)23-33(11-4)37(21-22-37)28(7)10-3;1-2/h8-9,12-17,19,24-25H,3-4,18,20-23H2,1-2,5-7H3;1-2H3. The Morgan fingerprint density at radius 3 is 2.10 bits per heavy atom. The molecule has 1 aliphatic rings. The Morgan fingerprint density at radius 1 is 0.872 bits per heavy atom. The van der Waals surface area contributed by atoms with Crippen LogP contribution in [0.3, 0.4) is 0 Å². The van der Waals surface area contributed by atoms with Gasteiger partial charge in [-0.05, 0) is 133 Å². The van der Waals surface area contributed by atoms with E-state index in [1.807, 2.05) is 13.8 Å². The van der Waals surface area contributed by atoms with Crippen molar-refractivity contribution in [2.24, 2.45) is 5.41 Å². The summed E-state index contributed by atoms with van der Waals surface area (Å²) in [6.45, 7) is 22.6. The van der Waals surface area contributed by atoms with Gasteiger partial charge in [-0.2, -0.15) is 0 Å². The number of hydrogen-bond donors (Lipinski definition) is 0. The Morgan fingerprint density at radius 2 is 1.54 bits per heavy atom. The SMILES string of the molecule is C=C=C(C)C1(C(=C=C)Cc2ccc(CCc3ccc(C)c4cc(C=CC)c(C(C)=CC)cc34)cc2)CC1.CC. The molecule has 202 valence electrons. The molecular formula is C39H46. The normalized spacial score (nSPS) is 13.9. The number of rotatable bonds is 9. The molecule has 0 heteroatoms. The smallest absolute Gasteiger partial charge is 0.0273 e. The van der Waals surface area contributed by atoms with Gasteiger partial charge in [0.2, 0.25) is 0 Å². The molecule has 39 heavy (non-hydrogen) atoms. The summed E-state index contributed by atoms with van der Waals surface area (Å²) in [6.07, 6.45) is 11.8. The fourth-order valence-corrected chi connectivity index (χ4v) is 5.55. The monoisotopic (exact) mass is 514 g/mol. The van der Waals surface area contributed by atoms with Crippen molar-refractivity contribution in [2.45, 2.75) is 80.6 Å². The van der Waals surface area contributed by atoms with Crippen molar-refractivity contribution in [3.05, 3.63) is 130 Å². The number of aryl methyl sites for hydroxylation is 3. The first-order valence-electron chi connectivity index (χ1n) is 14.5. The number of benzene rings is 3. The third-order valence-electron chi connectivity index (χ3n) is 8.31. The zero-order valence-corrected chi connectivity index (χ0v) is 25.3. The van der Waals surface area contributed by atoms with E-state index in [-0.39, 0.29) is 5.41 Å². The van der Waals surface area contributed by atoms with Crippen LogP contribution in [0.25, 0.3) is 22.4 Å². The van der Waals surface area contributed by atoms with Crippen molar-refractivity contribution < 1.29 is 0 Å². The first-order valence-corrected chi connectivity index (χ1v) is 14.5. The third kappa shape index (κ3) is 6.54. The molecule has 3 aromatic rings. The van der Waals surface area contributed by atoms with E-state index in [9.17, 15) is 0 Å². The summed E-state index contributed by atoms with van der Waals surface area (Å²) in [4.78, 5) is 0. The predicted molar refractivity (Wildman–Crippen MR) is 174 cm³/mol. The van der Waals surface area contributed by atoms with Crippen LogP contribution in [0.1, 0.15) is 87.8 Å². The lowest BCUT2D eigenvalue weighted by Crippen LogP contribution is -2.08. The molecule has 1 saturated carbocycles. The molecule has 0 nitrogen and oxygen atoms in total. The molecule has 0 saturated heterocycles. The van der Waals surface area contributed by atoms with Crippen LogP contribution >= 0.6 is 0 Å². The Balaban J connectivity index is 0.00000205. The van der Waals surface area contributed by atoms with Crippen LogP contribution in [0.5, 0.6) is 0 Å². The zero-order chi connectivity index (χ0) is 28.6. The van der Waals surface area contributed by atoms with Crippen molar-refractivity contribution in [2.75, 3.05) is 0 Å². The number of allylic oxidation sites excluding steroid dienone is 5. The summed E-state index contributed by atoms with van der Waals surface area (Å²) in [7, 11) is 0. The minimum absolute atomic E-state index is 0.103. The first kappa shape index (κ1) is 30.0. The summed E-state index contributed by atoms with van der Waals surface area (Å²) < 4.78 is 0. The van der Waals surface area contributed by atoms with Gasteiger partial charge < -0.3 is 0 Å². The lowest BCUT2D eigenvalue weighted by atomic mass is 9.85. The quantitative estimate of drug-likeness (QED) is 0.249. The fraction of sp³-hybridized carbons (Fsp3) is 0.333. The van der Waals surface area contributed by atoms with Gasteiger partial charge >= 0.3 is 0 Å². The molecule has 3 aromatic carbocycles. The molecule has 0 N–H and O–H groups in total. The molecule has 0 heterocycles. The van der Waals surface area contributed by atoms with Gasteiger partial charge in [-0.3, -0.25) is 0 Å². The Kier molecular flexibility index (Phi) is 10.4. The van der Waals surface area contributed by atoms with Crippen molar-refractivity contribution in [3.8, 4) is 0 Å². The van der Waals surface area contributed by atoms with E-state index < -0.39 is 0 Å². The number of fused-ring (bicyclic) bond motifs is 1. The predicted octanol–water partition coefficient (Wildman–Crippen LogP) is 11.2. The van der Waals surface area contributed by atoms with Crippen LogP contribution in [0.15, 0.2) is 96.4 Å². The second kappa shape index (κ2) is 13.5. The van der Waals surface area contributed by atoms with Crippen molar-refractivity contribution >= 4 is 22.4 Å². The summed E-state index contributed by atoms with van der Waals surface area (Å²) in [5.74, 6) is 0. The van der Waals surface area contributed by atoms with Gasteiger partial charge in [-0.1, -0.05) is 81.6 Å². The van der Waals surface area contributed by atoms with Gasteiger partial charge in [-0.25, -0.2) is 0 Å². The molecule has 0 atom stereocenters. The Hall–Kier alpha value is -3.56. The van der Waals surface area contributed by atoms with E-state index in [0.29, 0.717) is 0 Å². The molecular weight excluding hydrogens is 468 g/mol. The van der Waals surface area contributed by atoms with E-state index in [1.54, 1.807) is 0 Å². The van der Waals surface area contributed by atoms with Gasteiger partial charge in [-0.15, -0.1) is 11.5 Å². The van der Waals surface area contributed by atoms with Crippen molar-refractivity contribution in [1.82, 2.24) is 0 Å². The molecule has 0 amide bonds. The molecule has 0 bridgehead atoms. The molecule has 0 aromatic heterocycles. The van der Waals surface area contributed by atoms with Crippen LogP contribution in [0.2, 0.25) is 0 Å². The highest BCUT2D eigenvalue weighted by atomic mass is 14.5. The fourth-order valence-electron chi connectivity index (χ4n) is 5.55. The summed E-state index contributed by atoms with van der Waals surface area (Å²) in [5, 5.41) is 2.73. The summed E-state index contributed by atoms with van der Waals surface area (Å²) in [5.41, 5.74) is 18.4. The number of hydrogen-bond acceptors (Lipinski definition) is 0. The van der Waals surface area contributed by atoms with E-state index >= 15 is 0 Å². The lowest BCUT2D eigenvalue weighted by Gasteiger charge is -2.18. The summed E-state index contributed by atoms with van der Waals surface area (Å²) >= 11 is 0. The maximum Gasteiger partial charge on any atom is 0.0273 e. The van der Waals surface area contributed by atoms with Crippen molar-refractivity contribution in [1.29, 1.82) is 0 Å². The molecule has 1 aliphatic carbocycles. The first-order chi connectivity index (χ1) is 18.9. The van der Waals surface area contributed by atoms with Crippen LogP contribution in [-0.2, 0) is 19.3 Å². The molecule has 4 rings (SSSR count). The maximum absolute atomic E-state index is 4.00. The van der Waals surface area contributed by atoms with Gasteiger partial charge in [0.15, 0.2) is 0 Å². The topological polar surface area (TPSA) is 0 Å². The highest BCUT2D eigenvalue weighted by Crippen LogP contribution is 2.57. The minimum atomic E-state index is 0.103. The molecule has 0 radical (unpaired) electrons. The van der Waals surface area contributed by atoms with Crippen LogP contribution in [-0.4, -0.2) is 0 Å². The summed E-state index contributed by atoms with van der Waals surface area (Å²) in [6, 6.07) is 18.5. The lowest BCUT2D eigenvalue weighted by molar-refractivity contribution is 0.703. The molecule has 0 unspecified atom stereocenters. The second-order valence-electron chi connectivity index (χ2n) is 10.5.